The minimum absolute atomic E-state index is 0.565. The molecule has 100 valence electrons. The van der Waals surface area contributed by atoms with Gasteiger partial charge in [0.2, 0.25) is 0 Å². The van der Waals surface area contributed by atoms with Crippen LogP contribution in [0.25, 0.3) is 0 Å². The van der Waals surface area contributed by atoms with E-state index in [0.717, 1.165) is 50.6 Å². The third-order valence-corrected chi connectivity index (χ3v) is 3.41. The molecule has 1 aromatic carbocycles. The molecule has 1 aliphatic rings. The maximum atomic E-state index is 5.77. The second kappa shape index (κ2) is 6.73. The van der Waals surface area contributed by atoms with E-state index < -0.39 is 0 Å². The van der Waals surface area contributed by atoms with E-state index in [2.05, 4.69) is 16.8 Å². The lowest BCUT2D eigenvalue weighted by molar-refractivity contribution is 0.133. The highest BCUT2D eigenvalue weighted by Gasteiger charge is 2.12. The summed E-state index contributed by atoms with van der Waals surface area (Å²) in [7, 11) is 2.17. The molecule has 18 heavy (non-hydrogen) atoms. The van der Waals surface area contributed by atoms with Crippen LogP contribution in [0.1, 0.15) is 5.56 Å². The van der Waals surface area contributed by atoms with Gasteiger partial charge in [-0.3, -0.25) is 4.90 Å². The fourth-order valence-corrected chi connectivity index (χ4v) is 2.13. The molecule has 0 aliphatic carbocycles. The lowest BCUT2D eigenvalue weighted by Crippen LogP contribution is -2.45. The van der Waals surface area contributed by atoms with Gasteiger partial charge in [-0.1, -0.05) is 12.1 Å². The third-order valence-electron chi connectivity index (χ3n) is 3.41. The minimum atomic E-state index is 0.565. The Morgan fingerprint density at radius 3 is 2.72 bits per heavy atom. The van der Waals surface area contributed by atoms with Crippen molar-refractivity contribution in [2.24, 2.45) is 5.73 Å². The molecule has 0 saturated carbocycles. The number of piperazine rings is 1. The van der Waals surface area contributed by atoms with Crippen LogP contribution in [0.15, 0.2) is 24.3 Å². The highest BCUT2D eigenvalue weighted by molar-refractivity contribution is 5.28. The largest absolute Gasteiger partial charge is 0.492 e. The molecule has 4 nitrogen and oxygen atoms in total. The Hall–Kier alpha value is -1.10. The van der Waals surface area contributed by atoms with Crippen molar-refractivity contribution >= 4 is 0 Å². The molecular weight excluding hydrogens is 226 g/mol. The van der Waals surface area contributed by atoms with Crippen LogP contribution < -0.4 is 10.5 Å². The third kappa shape index (κ3) is 3.98. The molecule has 2 rings (SSSR count). The second-order valence-electron chi connectivity index (χ2n) is 4.84. The molecule has 1 fully saturated rings. The molecule has 0 radical (unpaired) electrons. The molecule has 0 atom stereocenters. The standard InChI is InChI=1S/C14H23N3O/c1-16-5-7-17(8-6-16)9-10-18-14-4-2-3-13(11-14)12-15/h2-4,11H,5-10,12,15H2,1H3. The van der Waals surface area contributed by atoms with E-state index in [1.807, 2.05) is 24.3 Å². The molecule has 2 N–H and O–H groups in total. The molecule has 0 bridgehead atoms. The van der Waals surface area contributed by atoms with Gasteiger partial charge in [-0.05, 0) is 24.7 Å². The van der Waals surface area contributed by atoms with Gasteiger partial charge >= 0.3 is 0 Å². The van der Waals surface area contributed by atoms with Crippen molar-refractivity contribution < 1.29 is 4.74 Å². The average molecular weight is 249 g/mol. The van der Waals surface area contributed by atoms with E-state index in [9.17, 15) is 0 Å². The van der Waals surface area contributed by atoms with Gasteiger partial charge in [-0.2, -0.15) is 0 Å². The van der Waals surface area contributed by atoms with Crippen LogP contribution in [0.3, 0.4) is 0 Å². The van der Waals surface area contributed by atoms with Crippen LogP contribution in [-0.2, 0) is 6.54 Å². The summed E-state index contributed by atoms with van der Waals surface area (Å²) in [5.41, 5.74) is 6.73. The molecule has 0 unspecified atom stereocenters. The molecule has 1 aromatic rings. The van der Waals surface area contributed by atoms with Gasteiger partial charge in [-0.15, -0.1) is 0 Å². The predicted molar refractivity (Wildman–Crippen MR) is 73.8 cm³/mol. The Bertz CT molecular complexity index is 362. The summed E-state index contributed by atoms with van der Waals surface area (Å²) in [5.74, 6) is 0.923. The van der Waals surface area contributed by atoms with Crippen molar-refractivity contribution in [1.82, 2.24) is 9.80 Å². The van der Waals surface area contributed by atoms with Crippen molar-refractivity contribution in [3.8, 4) is 5.75 Å². The van der Waals surface area contributed by atoms with E-state index in [1.165, 1.54) is 0 Å². The van der Waals surface area contributed by atoms with E-state index in [0.29, 0.717) is 6.54 Å². The molecule has 1 heterocycles. The first-order valence-electron chi connectivity index (χ1n) is 6.60. The molecule has 1 aliphatic heterocycles. The SMILES string of the molecule is CN1CCN(CCOc2cccc(CN)c2)CC1. The number of hydrogen-bond acceptors (Lipinski definition) is 4. The van der Waals surface area contributed by atoms with E-state index >= 15 is 0 Å². The maximum Gasteiger partial charge on any atom is 0.119 e. The summed E-state index contributed by atoms with van der Waals surface area (Å²) in [6.45, 7) is 6.91. The monoisotopic (exact) mass is 249 g/mol. The fraction of sp³-hybridized carbons (Fsp3) is 0.571. The Kier molecular flexibility index (Phi) is 4.99. The number of rotatable bonds is 5. The van der Waals surface area contributed by atoms with Gasteiger partial charge in [0.15, 0.2) is 0 Å². The van der Waals surface area contributed by atoms with Gasteiger partial charge in [-0.25, -0.2) is 0 Å². The Labute approximate surface area is 109 Å². The number of nitrogens with two attached hydrogens (primary N) is 1. The van der Waals surface area contributed by atoms with Gasteiger partial charge in [0.05, 0.1) is 0 Å². The highest BCUT2D eigenvalue weighted by Crippen LogP contribution is 2.12. The number of benzene rings is 1. The molecule has 1 saturated heterocycles. The van der Waals surface area contributed by atoms with E-state index in [1.54, 1.807) is 0 Å². The van der Waals surface area contributed by atoms with Crippen LogP contribution in [0, 0.1) is 0 Å². The number of ether oxygens (including phenoxy) is 1. The van der Waals surface area contributed by atoms with Gasteiger partial charge in [0.1, 0.15) is 12.4 Å². The summed E-state index contributed by atoms with van der Waals surface area (Å²) < 4.78 is 5.77. The average Bonchev–Trinajstić information content (AvgIpc) is 2.41. The van der Waals surface area contributed by atoms with Crippen LogP contribution in [0.2, 0.25) is 0 Å². The summed E-state index contributed by atoms with van der Waals surface area (Å²) in [4.78, 5) is 4.81. The number of nitrogens with zero attached hydrogens (tertiary/aromatic N) is 2. The summed E-state index contributed by atoms with van der Waals surface area (Å²) >= 11 is 0. The van der Waals surface area contributed by atoms with Crippen molar-refractivity contribution in [3.05, 3.63) is 29.8 Å². The fourth-order valence-electron chi connectivity index (χ4n) is 2.13. The lowest BCUT2D eigenvalue weighted by atomic mass is 10.2. The summed E-state index contributed by atoms with van der Waals surface area (Å²) in [6, 6.07) is 8.02. The second-order valence-corrected chi connectivity index (χ2v) is 4.84. The molecule has 0 amide bonds. The zero-order valence-corrected chi connectivity index (χ0v) is 11.1. The van der Waals surface area contributed by atoms with Crippen LogP contribution in [0.5, 0.6) is 5.75 Å². The summed E-state index contributed by atoms with van der Waals surface area (Å²) in [5, 5.41) is 0. The zero-order valence-electron chi connectivity index (χ0n) is 11.1. The minimum Gasteiger partial charge on any atom is -0.492 e. The van der Waals surface area contributed by atoms with Crippen molar-refractivity contribution in [1.29, 1.82) is 0 Å². The molecule has 4 heteroatoms. The van der Waals surface area contributed by atoms with Crippen LogP contribution in [-0.4, -0.2) is 56.2 Å². The molecule has 0 aromatic heterocycles. The molecular formula is C14H23N3O. The first-order chi connectivity index (χ1) is 8.78. The Morgan fingerprint density at radius 2 is 2.00 bits per heavy atom. The lowest BCUT2D eigenvalue weighted by Gasteiger charge is -2.32. The van der Waals surface area contributed by atoms with Gasteiger partial charge < -0.3 is 15.4 Å². The molecule has 0 spiro atoms. The van der Waals surface area contributed by atoms with Crippen molar-refractivity contribution in [2.45, 2.75) is 6.54 Å². The normalized spacial score (nSPS) is 17.9. The highest BCUT2D eigenvalue weighted by atomic mass is 16.5. The smallest absolute Gasteiger partial charge is 0.119 e. The predicted octanol–water partition coefficient (Wildman–Crippen LogP) is 0.771. The van der Waals surface area contributed by atoms with Crippen LogP contribution in [0.4, 0.5) is 0 Å². The Morgan fingerprint density at radius 1 is 1.22 bits per heavy atom. The number of hydrogen-bond donors (Lipinski definition) is 1. The van der Waals surface area contributed by atoms with Crippen molar-refractivity contribution in [3.63, 3.8) is 0 Å². The van der Waals surface area contributed by atoms with Crippen molar-refractivity contribution in [2.75, 3.05) is 46.4 Å². The first kappa shape index (κ1) is 13.3. The van der Waals surface area contributed by atoms with E-state index in [-0.39, 0.29) is 0 Å². The topological polar surface area (TPSA) is 41.7 Å². The van der Waals surface area contributed by atoms with E-state index in [4.69, 9.17) is 10.5 Å². The number of likely N-dealkylation sites (N-methyl/N-ethyl adjacent to an activating group) is 1. The van der Waals surface area contributed by atoms with Gasteiger partial charge in [0.25, 0.3) is 0 Å². The quantitative estimate of drug-likeness (QED) is 0.837. The maximum absolute atomic E-state index is 5.77. The van der Waals surface area contributed by atoms with Crippen LogP contribution >= 0.6 is 0 Å². The Balaban J connectivity index is 1.71. The van der Waals surface area contributed by atoms with Gasteiger partial charge in [0, 0.05) is 39.3 Å². The zero-order chi connectivity index (χ0) is 12.8. The summed E-state index contributed by atoms with van der Waals surface area (Å²) in [6.07, 6.45) is 0. The first-order valence-corrected chi connectivity index (χ1v) is 6.60.